The molecule has 0 radical (unpaired) electrons. The summed E-state index contributed by atoms with van der Waals surface area (Å²) in [5, 5.41) is 17.5. The molecule has 14 heavy (non-hydrogen) atoms. The van der Waals surface area contributed by atoms with Crippen molar-refractivity contribution in [3.8, 4) is 6.07 Å². The van der Waals surface area contributed by atoms with Gasteiger partial charge in [0.25, 0.3) is 0 Å². The minimum absolute atomic E-state index is 0.150. The molecule has 0 bridgehead atoms. The second-order valence-corrected chi connectivity index (χ2v) is 3.51. The number of thiol groups is 1. The maximum absolute atomic E-state index is 10.4. The van der Waals surface area contributed by atoms with Gasteiger partial charge in [-0.1, -0.05) is 11.6 Å². The zero-order valence-corrected chi connectivity index (χ0v) is 8.64. The molecule has 0 heterocycles. The van der Waals surface area contributed by atoms with Crippen molar-refractivity contribution in [3.63, 3.8) is 0 Å². The van der Waals surface area contributed by atoms with E-state index in [2.05, 4.69) is 12.6 Å². The Hall–Kier alpha value is -1.18. The van der Waals surface area contributed by atoms with Crippen molar-refractivity contribution in [2.45, 2.75) is 11.3 Å². The van der Waals surface area contributed by atoms with Crippen LogP contribution in [0, 0.1) is 11.3 Å². The molecule has 1 aromatic rings. The molecule has 0 saturated carbocycles. The number of nitrogens with zero attached hydrogens (tertiary/aromatic N) is 1. The second-order valence-electron chi connectivity index (χ2n) is 2.66. The topological polar surface area (TPSA) is 61.1 Å². The molecule has 0 aliphatic carbocycles. The first-order valence-electron chi connectivity index (χ1n) is 3.68. The third-order valence-corrected chi connectivity index (χ3v) is 2.51. The van der Waals surface area contributed by atoms with E-state index in [9.17, 15) is 4.79 Å². The molecule has 0 aromatic heterocycles. The third-order valence-electron chi connectivity index (χ3n) is 1.60. The van der Waals surface area contributed by atoms with E-state index in [1.807, 2.05) is 6.07 Å². The smallest absolute Gasteiger partial charge is 0.307 e. The Labute approximate surface area is 91.3 Å². The second kappa shape index (κ2) is 4.36. The van der Waals surface area contributed by atoms with Crippen LogP contribution in [0.2, 0.25) is 5.02 Å². The van der Waals surface area contributed by atoms with E-state index in [4.69, 9.17) is 22.0 Å². The van der Waals surface area contributed by atoms with E-state index < -0.39 is 5.97 Å². The normalized spacial score (nSPS) is 9.50. The first-order valence-corrected chi connectivity index (χ1v) is 4.50. The maximum Gasteiger partial charge on any atom is 0.307 e. The zero-order valence-electron chi connectivity index (χ0n) is 6.99. The highest BCUT2D eigenvalue weighted by molar-refractivity contribution is 7.80. The average molecular weight is 228 g/mol. The first-order chi connectivity index (χ1) is 6.54. The van der Waals surface area contributed by atoms with Gasteiger partial charge in [0.05, 0.1) is 17.0 Å². The van der Waals surface area contributed by atoms with Crippen LogP contribution in [0.5, 0.6) is 0 Å². The highest BCUT2D eigenvalue weighted by Crippen LogP contribution is 2.25. The lowest BCUT2D eigenvalue weighted by atomic mass is 10.1. The third kappa shape index (κ3) is 2.41. The van der Waals surface area contributed by atoms with Gasteiger partial charge in [0.15, 0.2) is 0 Å². The van der Waals surface area contributed by atoms with Gasteiger partial charge in [-0.2, -0.15) is 5.26 Å². The molecule has 72 valence electrons. The SMILES string of the molecule is N#Cc1cc(CC(=O)O)cc(Cl)c1S. The fraction of sp³-hybridized carbons (Fsp3) is 0.111. The number of hydrogen-bond acceptors (Lipinski definition) is 3. The van der Waals surface area contributed by atoms with Gasteiger partial charge in [0.1, 0.15) is 6.07 Å². The predicted molar refractivity (Wildman–Crippen MR) is 54.8 cm³/mol. The van der Waals surface area contributed by atoms with E-state index >= 15 is 0 Å². The van der Waals surface area contributed by atoms with Crippen molar-refractivity contribution in [1.29, 1.82) is 5.26 Å². The number of halogens is 1. The molecule has 0 spiro atoms. The van der Waals surface area contributed by atoms with Gasteiger partial charge in [0.2, 0.25) is 0 Å². The van der Waals surface area contributed by atoms with Gasteiger partial charge in [-0.3, -0.25) is 4.79 Å². The highest BCUT2D eigenvalue weighted by Gasteiger charge is 2.08. The van der Waals surface area contributed by atoms with E-state index in [1.165, 1.54) is 12.1 Å². The van der Waals surface area contributed by atoms with Crippen molar-refractivity contribution in [2.24, 2.45) is 0 Å². The largest absolute Gasteiger partial charge is 0.481 e. The molecule has 0 atom stereocenters. The van der Waals surface area contributed by atoms with Gasteiger partial charge < -0.3 is 5.11 Å². The van der Waals surface area contributed by atoms with E-state index in [0.29, 0.717) is 15.5 Å². The monoisotopic (exact) mass is 227 g/mol. The summed E-state index contributed by atoms with van der Waals surface area (Å²) >= 11 is 9.79. The molecular formula is C9H6ClNO2S. The molecular weight excluding hydrogens is 222 g/mol. The minimum Gasteiger partial charge on any atom is -0.481 e. The summed E-state index contributed by atoms with van der Waals surface area (Å²) in [6.45, 7) is 0. The number of benzene rings is 1. The van der Waals surface area contributed by atoms with Crippen LogP contribution in [-0.2, 0) is 11.2 Å². The summed E-state index contributed by atoms with van der Waals surface area (Å²) in [5.74, 6) is -0.961. The van der Waals surface area contributed by atoms with Crippen LogP contribution in [0.15, 0.2) is 17.0 Å². The number of hydrogen-bond donors (Lipinski definition) is 2. The molecule has 1 N–H and O–H groups in total. The molecule has 1 rings (SSSR count). The van der Waals surface area contributed by atoms with Gasteiger partial charge in [-0.15, -0.1) is 12.6 Å². The molecule has 0 fully saturated rings. The molecule has 0 aliphatic rings. The molecule has 5 heteroatoms. The lowest BCUT2D eigenvalue weighted by Crippen LogP contribution is -2.00. The first kappa shape index (κ1) is 10.9. The number of nitriles is 1. The Morgan fingerprint density at radius 1 is 1.64 bits per heavy atom. The quantitative estimate of drug-likeness (QED) is 0.761. The van der Waals surface area contributed by atoms with Crippen molar-refractivity contribution in [1.82, 2.24) is 0 Å². The molecule has 0 saturated heterocycles. The van der Waals surface area contributed by atoms with Crippen LogP contribution < -0.4 is 0 Å². The fourth-order valence-electron chi connectivity index (χ4n) is 1.02. The Balaban J connectivity index is 3.18. The number of aliphatic carboxylic acids is 1. The van der Waals surface area contributed by atoms with Crippen molar-refractivity contribution in [2.75, 3.05) is 0 Å². The lowest BCUT2D eigenvalue weighted by Gasteiger charge is -2.03. The minimum atomic E-state index is -0.961. The van der Waals surface area contributed by atoms with Crippen LogP contribution in [0.3, 0.4) is 0 Å². The Bertz CT molecular complexity index is 426. The molecule has 0 unspecified atom stereocenters. The number of carboxylic acid groups (broad SMARTS) is 1. The predicted octanol–water partition coefficient (Wildman–Crippen LogP) is 2.13. The van der Waals surface area contributed by atoms with Crippen molar-refractivity contribution in [3.05, 3.63) is 28.3 Å². The fourth-order valence-corrected chi connectivity index (χ4v) is 1.44. The number of carboxylic acids is 1. The standard InChI is InChI=1S/C9H6ClNO2S/c10-7-2-5(3-8(12)13)1-6(4-11)9(7)14/h1-2,14H,3H2,(H,12,13). The summed E-state index contributed by atoms with van der Waals surface area (Å²) in [6.07, 6.45) is -0.150. The summed E-state index contributed by atoms with van der Waals surface area (Å²) < 4.78 is 0. The Morgan fingerprint density at radius 2 is 2.29 bits per heavy atom. The van der Waals surface area contributed by atoms with Gasteiger partial charge in [-0.25, -0.2) is 0 Å². The van der Waals surface area contributed by atoms with Crippen molar-refractivity contribution < 1.29 is 9.90 Å². The number of carbonyl (C=O) groups is 1. The van der Waals surface area contributed by atoms with E-state index in [1.54, 1.807) is 0 Å². The summed E-state index contributed by atoms with van der Waals surface area (Å²) in [4.78, 5) is 10.8. The van der Waals surface area contributed by atoms with Crippen molar-refractivity contribution >= 4 is 30.2 Å². The summed E-state index contributed by atoms with van der Waals surface area (Å²) in [6, 6.07) is 4.87. The molecule has 1 aromatic carbocycles. The van der Waals surface area contributed by atoms with Gasteiger partial charge >= 0.3 is 5.97 Å². The Morgan fingerprint density at radius 3 is 2.79 bits per heavy atom. The van der Waals surface area contributed by atoms with Crippen LogP contribution >= 0.6 is 24.2 Å². The van der Waals surface area contributed by atoms with Crippen LogP contribution in [0.1, 0.15) is 11.1 Å². The van der Waals surface area contributed by atoms with Gasteiger partial charge in [-0.05, 0) is 17.7 Å². The molecule has 0 aliphatic heterocycles. The zero-order chi connectivity index (χ0) is 10.7. The van der Waals surface area contributed by atoms with Crippen LogP contribution in [0.25, 0.3) is 0 Å². The molecule has 3 nitrogen and oxygen atoms in total. The van der Waals surface area contributed by atoms with Crippen LogP contribution in [0.4, 0.5) is 0 Å². The van der Waals surface area contributed by atoms with Gasteiger partial charge in [0, 0.05) is 4.90 Å². The lowest BCUT2D eigenvalue weighted by molar-refractivity contribution is -0.136. The highest BCUT2D eigenvalue weighted by atomic mass is 35.5. The maximum atomic E-state index is 10.4. The Kier molecular flexibility index (Phi) is 3.39. The van der Waals surface area contributed by atoms with E-state index in [0.717, 1.165) is 0 Å². The summed E-state index contributed by atoms with van der Waals surface area (Å²) in [7, 11) is 0. The van der Waals surface area contributed by atoms with Crippen LogP contribution in [-0.4, -0.2) is 11.1 Å². The number of rotatable bonds is 2. The van der Waals surface area contributed by atoms with E-state index in [-0.39, 0.29) is 12.0 Å². The molecule has 0 amide bonds. The average Bonchev–Trinajstić information content (AvgIpc) is 2.10. The summed E-state index contributed by atoms with van der Waals surface area (Å²) in [5.41, 5.74) is 0.786.